The lowest BCUT2D eigenvalue weighted by atomic mass is 10.2. The van der Waals surface area contributed by atoms with Crippen molar-refractivity contribution in [2.45, 2.75) is 39.8 Å². The summed E-state index contributed by atoms with van der Waals surface area (Å²) in [7, 11) is 0. The molecule has 1 N–H and O–H groups in total. The quantitative estimate of drug-likeness (QED) is 0.804. The third-order valence-electron chi connectivity index (χ3n) is 2.45. The molecule has 0 radical (unpaired) electrons. The highest BCUT2D eigenvalue weighted by Gasteiger charge is 2.06. The maximum absolute atomic E-state index is 8.80. The van der Waals surface area contributed by atoms with E-state index in [0.29, 0.717) is 18.1 Å². The Bertz CT molecular complexity index is 381. The Morgan fingerprint density at radius 2 is 2.22 bits per heavy atom. The highest BCUT2D eigenvalue weighted by atomic mass is 16.5. The van der Waals surface area contributed by atoms with Crippen LogP contribution in [0.4, 0.5) is 0 Å². The van der Waals surface area contributed by atoms with Gasteiger partial charge in [-0.2, -0.15) is 5.26 Å². The van der Waals surface area contributed by atoms with Gasteiger partial charge >= 0.3 is 0 Å². The van der Waals surface area contributed by atoms with Crippen LogP contribution in [0.1, 0.15) is 32.9 Å². The van der Waals surface area contributed by atoms with Gasteiger partial charge < -0.3 is 10.1 Å². The molecule has 0 spiro atoms. The minimum absolute atomic E-state index is 0.392. The normalized spacial score (nSPS) is 12.2. The Morgan fingerprint density at radius 1 is 1.44 bits per heavy atom. The minimum Gasteiger partial charge on any atom is -0.474 e. The van der Waals surface area contributed by atoms with E-state index in [0.717, 1.165) is 18.8 Å². The van der Waals surface area contributed by atoms with Crippen LogP contribution < -0.4 is 10.1 Å². The van der Waals surface area contributed by atoms with Gasteiger partial charge in [0.2, 0.25) is 0 Å². The van der Waals surface area contributed by atoms with Crippen LogP contribution >= 0.6 is 0 Å². The molecule has 0 aromatic carbocycles. The lowest BCUT2D eigenvalue weighted by Crippen LogP contribution is -2.19. The number of pyridine rings is 1. The summed E-state index contributed by atoms with van der Waals surface area (Å²) < 4.78 is 5.47. The van der Waals surface area contributed by atoms with Crippen LogP contribution in [0.5, 0.6) is 5.75 Å². The molecule has 1 unspecified atom stereocenters. The monoisotopic (exact) mass is 247 g/mol. The van der Waals surface area contributed by atoms with E-state index in [9.17, 15) is 0 Å². The van der Waals surface area contributed by atoms with Gasteiger partial charge in [-0.15, -0.1) is 0 Å². The summed E-state index contributed by atoms with van der Waals surface area (Å²) >= 11 is 0. The molecule has 18 heavy (non-hydrogen) atoms. The number of aromatic nitrogens is 1. The standard InChI is InChI=1S/C14H21N3O/c1-4-13(7-15)18-14-6-5-12(17-10-14)9-16-8-11(2)3/h5-6,10-11,13,16H,4,8-9H2,1-3H3. The molecule has 1 aromatic heterocycles. The van der Waals surface area contributed by atoms with E-state index in [-0.39, 0.29) is 0 Å². The fraction of sp³-hybridized carbons (Fsp3) is 0.571. The molecule has 1 aromatic rings. The van der Waals surface area contributed by atoms with Crippen molar-refractivity contribution >= 4 is 0 Å². The fourth-order valence-corrected chi connectivity index (χ4v) is 1.44. The fourth-order valence-electron chi connectivity index (χ4n) is 1.44. The zero-order valence-corrected chi connectivity index (χ0v) is 11.3. The number of rotatable bonds is 7. The largest absolute Gasteiger partial charge is 0.474 e. The number of nitriles is 1. The number of ether oxygens (including phenoxy) is 1. The van der Waals surface area contributed by atoms with Crippen molar-refractivity contribution in [2.24, 2.45) is 5.92 Å². The number of hydrogen-bond acceptors (Lipinski definition) is 4. The van der Waals surface area contributed by atoms with Gasteiger partial charge in [-0.25, -0.2) is 0 Å². The van der Waals surface area contributed by atoms with Gasteiger partial charge in [0.1, 0.15) is 11.8 Å². The second kappa shape index (κ2) is 7.67. The minimum atomic E-state index is -0.392. The Hall–Kier alpha value is -1.60. The second-order valence-electron chi connectivity index (χ2n) is 4.65. The van der Waals surface area contributed by atoms with E-state index in [4.69, 9.17) is 10.00 Å². The lowest BCUT2D eigenvalue weighted by Gasteiger charge is -2.10. The summed E-state index contributed by atoms with van der Waals surface area (Å²) in [6, 6.07) is 5.88. The molecule has 4 nitrogen and oxygen atoms in total. The first-order valence-electron chi connectivity index (χ1n) is 6.37. The first kappa shape index (κ1) is 14.5. The molecule has 0 amide bonds. The Labute approximate surface area is 109 Å². The highest BCUT2D eigenvalue weighted by Crippen LogP contribution is 2.12. The number of hydrogen-bond donors (Lipinski definition) is 1. The number of nitrogens with zero attached hydrogens (tertiary/aromatic N) is 2. The molecule has 98 valence electrons. The predicted molar refractivity (Wildman–Crippen MR) is 71.1 cm³/mol. The average Bonchev–Trinajstić information content (AvgIpc) is 2.37. The van der Waals surface area contributed by atoms with Crippen LogP contribution in [0.25, 0.3) is 0 Å². The molecular weight excluding hydrogens is 226 g/mol. The first-order chi connectivity index (χ1) is 8.65. The van der Waals surface area contributed by atoms with Gasteiger partial charge in [0.15, 0.2) is 6.10 Å². The van der Waals surface area contributed by atoms with Crippen LogP contribution in [0.2, 0.25) is 0 Å². The van der Waals surface area contributed by atoms with E-state index in [2.05, 4.69) is 30.2 Å². The Balaban J connectivity index is 2.45. The van der Waals surface area contributed by atoms with Crippen molar-refractivity contribution in [3.05, 3.63) is 24.0 Å². The third kappa shape index (κ3) is 5.15. The zero-order valence-electron chi connectivity index (χ0n) is 11.3. The molecule has 0 saturated heterocycles. The molecular formula is C14H21N3O. The van der Waals surface area contributed by atoms with E-state index >= 15 is 0 Å². The van der Waals surface area contributed by atoms with Crippen LogP contribution in [0, 0.1) is 17.2 Å². The molecule has 1 rings (SSSR count). The SMILES string of the molecule is CCC(C#N)Oc1ccc(CNCC(C)C)nc1. The molecule has 1 heterocycles. The molecule has 0 saturated carbocycles. The maximum Gasteiger partial charge on any atom is 0.184 e. The van der Waals surface area contributed by atoms with Crippen LogP contribution in [0.3, 0.4) is 0 Å². The van der Waals surface area contributed by atoms with Crippen molar-refractivity contribution in [1.29, 1.82) is 5.26 Å². The topological polar surface area (TPSA) is 57.9 Å². The van der Waals surface area contributed by atoms with Crippen LogP contribution in [0.15, 0.2) is 18.3 Å². The smallest absolute Gasteiger partial charge is 0.184 e. The number of nitrogens with one attached hydrogen (secondary N) is 1. The molecule has 0 aliphatic rings. The maximum atomic E-state index is 8.80. The summed E-state index contributed by atoms with van der Waals surface area (Å²) in [5.41, 5.74) is 0.980. The second-order valence-corrected chi connectivity index (χ2v) is 4.65. The predicted octanol–water partition coefficient (Wildman–Crippen LogP) is 2.51. The van der Waals surface area contributed by atoms with E-state index < -0.39 is 6.10 Å². The van der Waals surface area contributed by atoms with Gasteiger partial charge in [-0.1, -0.05) is 20.8 Å². The van der Waals surface area contributed by atoms with Gasteiger partial charge in [0.25, 0.3) is 0 Å². The molecule has 1 atom stereocenters. The zero-order chi connectivity index (χ0) is 13.4. The van der Waals surface area contributed by atoms with Gasteiger partial charge in [-0.3, -0.25) is 4.98 Å². The Kier molecular flexibility index (Phi) is 6.16. The molecule has 4 heteroatoms. The van der Waals surface area contributed by atoms with E-state index in [1.807, 2.05) is 19.1 Å². The first-order valence-corrected chi connectivity index (χ1v) is 6.37. The summed E-state index contributed by atoms with van der Waals surface area (Å²) in [5.74, 6) is 1.28. The van der Waals surface area contributed by atoms with Crippen molar-refractivity contribution in [1.82, 2.24) is 10.3 Å². The molecule has 0 bridgehead atoms. The van der Waals surface area contributed by atoms with E-state index in [1.165, 1.54) is 0 Å². The van der Waals surface area contributed by atoms with Gasteiger partial charge in [0, 0.05) is 6.54 Å². The molecule has 0 fully saturated rings. The van der Waals surface area contributed by atoms with Crippen LogP contribution in [-0.2, 0) is 6.54 Å². The van der Waals surface area contributed by atoms with Crippen LogP contribution in [-0.4, -0.2) is 17.6 Å². The summed E-state index contributed by atoms with van der Waals surface area (Å²) in [4.78, 5) is 4.30. The summed E-state index contributed by atoms with van der Waals surface area (Å²) in [6.45, 7) is 8.00. The van der Waals surface area contributed by atoms with Crippen molar-refractivity contribution in [3.63, 3.8) is 0 Å². The van der Waals surface area contributed by atoms with Gasteiger partial charge in [0.05, 0.1) is 11.9 Å². The lowest BCUT2D eigenvalue weighted by molar-refractivity contribution is 0.251. The van der Waals surface area contributed by atoms with Crippen molar-refractivity contribution in [3.8, 4) is 11.8 Å². The molecule has 0 aliphatic heterocycles. The van der Waals surface area contributed by atoms with E-state index in [1.54, 1.807) is 6.20 Å². The van der Waals surface area contributed by atoms with Crippen molar-refractivity contribution < 1.29 is 4.74 Å². The van der Waals surface area contributed by atoms with Gasteiger partial charge in [-0.05, 0) is 31.0 Å². The molecule has 0 aliphatic carbocycles. The summed E-state index contributed by atoms with van der Waals surface area (Å²) in [6.07, 6.45) is 1.96. The Morgan fingerprint density at radius 3 is 2.72 bits per heavy atom. The average molecular weight is 247 g/mol. The highest BCUT2D eigenvalue weighted by molar-refractivity contribution is 5.20. The third-order valence-corrected chi connectivity index (χ3v) is 2.45. The summed E-state index contributed by atoms with van der Waals surface area (Å²) in [5, 5.41) is 12.1. The van der Waals surface area contributed by atoms with Crippen molar-refractivity contribution in [2.75, 3.05) is 6.54 Å².